The van der Waals surface area contributed by atoms with E-state index in [0.717, 1.165) is 5.56 Å². The van der Waals surface area contributed by atoms with Crippen LogP contribution in [0.3, 0.4) is 0 Å². The standard InChI is InChI=1S/C19H28N2O4.C4H5N.C3H4N2/c1-5-20-18(23)12-11-17(21(14(2)3)15(4)22)19(24)25-13-16-9-7-6-8-10-16;1-2-4-5-3-1;1-2-5-3-4-1/h6-10,14,17H,5,11-13H2,1-4H3,(H,20,23);1-5H;1-3H,(H,4,5). The lowest BCUT2D eigenvalue weighted by Gasteiger charge is -2.32. The number of nitrogens with zero attached hydrogens (tertiary/aromatic N) is 2. The van der Waals surface area contributed by atoms with Gasteiger partial charge in [-0.1, -0.05) is 30.3 Å². The van der Waals surface area contributed by atoms with E-state index in [1.54, 1.807) is 18.7 Å². The van der Waals surface area contributed by atoms with E-state index >= 15 is 0 Å². The Morgan fingerprint density at radius 2 is 1.71 bits per heavy atom. The fraction of sp³-hybridized carbons (Fsp3) is 0.385. The van der Waals surface area contributed by atoms with E-state index in [2.05, 4.69) is 20.3 Å². The summed E-state index contributed by atoms with van der Waals surface area (Å²) in [4.78, 5) is 47.1. The number of imidazole rings is 1. The molecule has 2 aromatic heterocycles. The van der Waals surface area contributed by atoms with Gasteiger partial charge in [0.1, 0.15) is 12.6 Å². The molecular weight excluding hydrogens is 446 g/mol. The lowest BCUT2D eigenvalue weighted by Crippen LogP contribution is -2.49. The number of benzene rings is 1. The molecule has 35 heavy (non-hydrogen) atoms. The summed E-state index contributed by atoms with van der Waals surface area (Å²) in [5.74, 6) is -0.847. The average molecular weight is 484 g/mol. The third-order valence-electron chi connectivity index (χ3n) is 4.67. The van der Waals surface area contributed by atoms with Gasteiger partial charge < -0.3 is 24.9 Å². The van der Waals surface area contributed by atoms with Crippen LogP contribution in [0.1, 0.15) is 46.1 Å². The van der Waals surface area contributed by atoms with Crippen molar-refractivity contribution in [2.24, 2.45) is 0 Å². The summed E-state index contributed by atoms with van der Waals surface area (Å²) in [7, 11) is 0. The lowest BCUT2D eigenvalue weighted by atomic mass is 10.1. The van der Waals surface area contributed by atoms with Gasteiger partial charge in [-0.05, 0) is 44.9 Å². The van der Waals surface area contributed by atoms with Gasteiger partial charge in [0.15, 0.2) is 0 Å². The fourth-order valence-electron chi connectivity index (χ4n) is 3.18. The van der Waals surface area contributed by atoms with Crippen LogP contribution in [0.25, 0.3) is 0 Å². The molecule has 0 radical (unpaired) electrons. The maximum Gasteiger partial charge on any atom is 0.329 e. The third kappa shape index (κ3) is 12.8. The van der Waals surface area contributed by atoms with E-state index in [1.807, 2.05) is 75.6 Å². The minimum Gasteiger partial charge on any atom is -0.459 e. The van der Waals surface area contributed by atoms with Crippen molar-refractivity contribution in [3.05, 3.63) is 79.1 Å². The summed E-state index contributed by atoms with van der Waals surface area (Å²) in [6.45, 7) is 7.60. The number of aromatic amines is 2. The minimum absolute atomic E-state index is 0.140. The first-order chi connectivity index (χ1) is 16.9. The fourth-order valence-corrected chi connectivity index (χ4v) is 3.18. The first-order valence-electron chi connectivity index (χ1n) is 11.6. The zero-order valence-electron chi connectivity index (χ0n) is 20.9. The van der Waals surface area contributed by atoms with Gasteiger partial charge in [0.25, 0.3) is 0 Å². The van der Waals surface area contributed by atoms with E-state index in [1.165, 1.54) is 11.8 Å². The van der Waals surface area contributed by atoms with Crippen molar-refractivity contribution < 1.29 is 19.1 Å². The van der Waals surface area contributed by atoms with Crippen LogP contribution in [0, 0.1) is 0 Å². The Hall–Kier alpha value is -3.88. The highest BCUT2D eigenvalue weighted by Gasteiger charge is 2.31. The largest absolute Gasteiger partial charge is 0.459 e. The molecular formula is C26H37N5O4. The van der Waals surface area contributed by atoms with Gasteiger partial charge in [-0.2, -0.15) is 0 Å². The first kappa shape index (κ1) is 29.2. The van der Waals surface area contributed by atoms with Crippen molar-refractivity contribution in [2.75, 3.05) is 6.54 Å². The molecule has 3 rings (SSSR count). The van der Waals surface area contributed by atoms with E-state index in [0.29, 0.717) is 6.54 Å². The Bertz CT molecular complexity index is 867. The molecule has 0 fully saturated rings. The summed E-state index contributed by atoms with van der Waals surface area (Å²) < 4.78 is 5.40. The number of carbonyl (C=O) groups is 3. The molecule has 0 saturated heterocycles. The van der Waals surface area contributed by atoms with E-state index in [4.69, 9.17) is 4.74 Å². The van der Waals surface area contributed by atoms with Crippen LogP contribution in [0.4, 0.5) is 0 Å². The molecule has 1 atom stereocenters. The normalized spacial score (nSPS) is 10.7. The Morgan fingerprint density at radius 1 is 1.03 bits per heavy atom. The highest BCUT2D eigenvalue weighted by Crippen LogP contribution is 2.15. The van der Waals surface area contributed by atoms with Crippen molar-refractivity contribution in [2.45, 2.75) is 59.2 Å². The molecule has 0 saturated carbocycles. The quantitative estimate of drug-likeness (QED) is 0.401. The van der Waals surface area contributed by atoms with E-state index in [-0.39, 0.29) is 37.3 Å². The molecule has 0 aliphatic rings. The molecule has 2 heterocycles. The number of rotatable bonds is 9. The smallest absolute Gasteiger partial charge is 0.329 e. The van der Waals surface area contributed by atoms with Crippen molar-refractivity contribution in [1.82, 2.24) is 25.2 Å². The van der Waals surface area contributed by atoms with Gasteiger partial charge in [-0.25, -0.2) is 9.78 Å². The predicted octanol–water partition coefficient (Wildman–Crippen LogP) is 3.70. The van der Waals surface area contributed by atoms with E-state index < -0.39 is 12.0 Å². The number of ether oxygens (including phenoxy) is 1. The molecule has 0 aliphatic carbocycles. The summed E-state index contributed by atoms with van der Waals surface area (Å²) >= 11 is 0. The van der Waals surface area contributed by atoms with Crippen LogP contribution >= 0.6 is 0 Å². The van der Waals surface area contributed by atoms with Crippen molar-refractivity contribution in [3.8, 4) is 0 Å². The van der Waals surface area contributed by atoms with Gasteiger partial charge in [-0.3, -0.25) is 9.59 Å². The van der Waals surface area contributed by atoms with Crippen LogP contribution < -0.4 is 5.32 Å². The van der Waals surface area contributed by atoms with Crippen molar-refractivity contribution >= 4 is 17.8 Å². The summed E-state index contributed by atoms with van der Waals surface area (Å²) in [6, 6.07) is 12.3. The molecule has 0 aliphatic heterocycles. The lowest BCUT2D eigenvalue weighted by molar-refractivity contribution is -0.157. The van der Waals surface area contributed by atoms with Crippen LogP contribution in [-0.2, 0) is 25.7 Å². The van der Waals surface area contributed by atoms with Crippen molar-refractivity contribution in [1.29, 1.82) is 0 Å². The van der Waals surface area contributed by atoms with Crippen molar-refractivity contribution in [3.63, 3.8) is 0 Å². The molecule has 0 spiro atoms. The number of carbonyl (C=O) groups excluding carboxylic acids is 3. The Labute approximate surface area is 207 Å². The van der Waals surface area contributed by atoms with Gasteiger partial charge in [-0.15, -0.1) is 0 Å². The predicted molar refractivity (Wildman–Crippen MR) is 135 cm³/mol. The number of esters is 1. The second kappa shape index (κ2) is 17.6. The highest BCUT2D eigenvalue weighted by atomic mass is 16.5. The maximum atomic E-state index is 12.6. The van der Waals surface area contributed by atoms with Gasteiger partial charge >= 0.3 is 5.97 Å². The number of amides is 2. The molecule has 2 amide bonds. The Kier molecular flexibility index (Phi) is 14.6. The van der Waals surface area contributed by atoms with Crippen LogP contribution in [0.15, 0.2) is 73.6 Å². The molecule has 3 aromatic rings. The van der Waals surface area contributed by atoms with Gasteiger partial charge in [0, 0.05) is 50.7 Å². The number of nitrogens with one attached hydrogen (secondary N) is 3. The minimum atomic E-state index is -0.774. The van der Waals surface area contributed by atoms with Gasteiger partial charge in [0.05, 0.1) is 6.33 Å². The van der Waals surface area contributed by atoms with Crippen LogP contribution in [-0.4, -0.2) is 56.3 Å². The average Bonchev–Trinajstić information content (AvgIpc) is 3.59. The maximum absolute atomic E-state index is 12.6. The van der Waals surface area contributed by atoms with Crippen LogP contribution in [0.5, 0.6) is 0 Å². The summed E-state index contributed by atoms with van der Waals surface area (Å²) in [5, 5.41) is 2.70. The molecule has 9 nitrogen and oxygen atoms in total. The molecule has 9 heteroatoms. The van der Waals surface area contributed by atoms with E-state index in [9.17, 15) is 14.4 Å². The second-order valence-electron chi connectivity index (χ2n) is 7.77. The SMILES string of the molecule is CCNC(=O)CCC(C(=O)OCc1ccccc1)N(C(C)=O)C(C)C.c1c[nH]cn1.c1cc[nH]c1. The molecule has 3 N–H and O–H groups in total. The molecule has 0 bridgehead atoms. The zero-order valence-corrected chi connectivity index (χ0v) is 20.9. The second-order valence-corrected chi connectivity index (χ2v) is 7.77. The Morgan fingerprint density at radius 3 is 2.14 bits per heavy atom. The topological polar surface area (TPSA) is 120 Å². The third-order valence-corrected chi connectivity index (χ3v) is 4.67. The first-order valence-corrected chi connectivity index (χ1v) is 11.6. The van der Waals surface area contributed by atoms with Crippen LogP contribution in [0.2, 0.25) is 0 Å². The Balaban J connectivity index is 0.000000496. The monoisotopic (exact) mass is 483 g/mol. The number of hydrogen-bond acceptors (Lipinski definition) is 5. The molecule has 190 valence electrons. The number of aromatic nitrogens is 3. The zero-order chi connectivity index (χ0) is 25.9. The van der Waals surface area contributed by atoms with Gasteiger partial charge in [0.2, 0.25) is 11.8 Å². The molecule has 1 aromatic carbocycles. The highest BCUT2D eigenvalue weighted by molar-refractivity contribution is 5.84. The number of hydrogen-bond donors (Lipinski definition) is 3. The summed E-state index contributed by atoms with van der Waals surface area (Å²) in [6.07, 6.45) is 9.23. The summed E-state index contributed by atoms with van der Waals surface area (Å²) in [5.41, 5.74) is 0.872. The number of H-pyrrole nitrogens is 2. The molecule has 1 unspecified atom stereocenters.